The number of ether oxygens (including phenoxy) is 1. The van der Waals surface area contributed by atoms with Gasteiger partial charge in [0.05, 0.1) is 12.0 Å². The summed E-state index contributed by atoms with van der Waals surface area (Å²) in [6.45, 7) is 1.31. The summed E-state index contributed by atoms with van der Waals surface area (Å²) in [4.78, 5) is 13.8. The second kappa shape index (κ2) is 5.88. The van der Waals surface area contributed by atoms with E-state index < -0.39 is 32.8 Å². The summed E-state index contributed by atoms with van der Waals surface area (Å²) >= 11 is 0. The van der Waals surface area contributed by atoms with Crippen LogP contribution in [0.25, 0.3) is 0 Å². The maximum Gasteiger partial charge on any atom is 0.328 e. The van der Waals surface area contributed by atoms with E-state index in [2.05, 4.69) is 4.99 Å². The van der Waals surface area contributed by atoms with Gasteiger partial charge in [0.2, 0.25) is 0 Å². The van der Waals surface area contributed by atoms with Crippen molar-refractivity contribution >= 4 is 22.3 Å². The van der Waals surface area contributed by atoms with E-state index in [0.29, 0.717) is 0 Å². The first kappa shape index (κ1) is 15.9. The number of hydrogen-bond acceptors (Lipinski definition) is 6. The third-order valence-electron chi connectivity index (χ3n) is 2.39. The molecule has 0 fully saturated rings. The van der Waals surface area contributed by atoms with Crippen molar-refractivity contribution in [2.45, 2.75) is 17.9 Å². The zero-order valence-corrected chi connectivity index (χ0v) is 11.5. The van der Waals surface area contributed by atoms with Crippen LogP contribution in [-0.2, 0) is 14.9 Å². The zero-order valence-electron chi connectivity index (χ0n) is 10.6. The topological polar surface area (TPSA) is 133 Å². The standard InChI is InChI=1S/C11H13NO7S/c1-6(11(14)15)12-5-7-3-8(20(16,17)18)4-9(19-2)10(7)13/h3-6,13H,1-2H3,(H,14,15)(H,16,17,18)/t6-/m0/s1. The number of nitrogens with zero attached hydrogens (tertiary/aromatic N) is 1. The van der Waals surface area contributed by atoms with Crippen molar-refractivity contribution in [1.82, 2.24) is 0 Å². The smallest absolute Gasteiger partial charge is 0.328 e. The molecule has 1 atom stereocenters. The first-order chi connectivity index (χ1) is 9.16. The number of phenolic OH excluding ortho intramolecular Hbond substituents is 1. The highest BCUT2D eigenvalue weighted by molar-refractivity contribution is 7.85. The maximum absolute atomic E-state index is 11.1. The molecular weight excluding hydrogens is 290 g/mol. The highest BCUT2D eigenvalue weighted by atomic mass is 32.2. The van der Waals surface area contributed by atoms with E-state index in [0.717, 1.165) is 18.3 Å². The molecule has 0 aliphatic rings. The lowest BCUT2D eigenvalue weighted by Crippen LogP contribution is -2.13. The molecule has 3 N–H and O–H groups in total. The molecule has 0 heterocycles. The van der Waals surface area contributed by atoms with Gasteiger partial charge in [0.1, 0.15) is 6.04 Å². The second-order valence-electron chi connectivity index (χ2n) is 3.83. The SMILES string of the molecule is COc1cc(S(=O)(=O)O)cc(C=N[C@@H](C)C(=O)O)c1O. The van der Waals surface area contributed by atoms with Crippen LogP contribution in [-0.4, -0.2) is 48.5 Å². The molecule has 20 heavy (non-hydrogen) atoms. The number of phenols is 1. The number of carbonyl (C=O) groups is 1. The summed E-state index contributed by atoms with van der Waals surface area (Å²) in [6.07, 6.45) is 0.991. The Hall–Kier alpha value is -2.13. The van der Waals surface area contributed by atoms with E-state index in [-0.39, 0.29) is 11.3 Å². The van der Waals surface area contributed by atoms with Crippen LogP contribution >= 0.6 is 0 Å². The molecule has 1 aromatic carbocycles. The van der Waals surface area contributed by atoms with Crippen molar-refractivity contribution in [3.8, 4) is 11.5 Å². The van der Waals surface area contributed by atoms with E-state index in [4.69, 9.17) is 14.4 Å². The predicted molar refractivity (Wildman–Crippen MR) is 69.2 cm³/mol. The number of hydrogen-bond donors (Lipinski definition) is 3. The Balaban J connectivity index is 3.35. The van der Waals surface area contributed by atoms with Crippen molar-refractivity contribution in [1.29, 1.82) is 0 Å². The lowest BCUT2D eigenvalue weighted by Gasteiger charge is -2.08. The molecule has 0 aromatic heterocycles. The summed E-state index contributed by atoms with van der Waals surface area (Å²) in [5.74, 6) is -1.79. The van der Waals surface area contributed by atoms with Gasteiger partial charge in [0, 0.05) is 17.8 Å². The molecule has 110 valence electrons. The molecule has 0 radical (unpaired) electrons. The Labute approximate surface area is 115 Å². The van der Waals surface area contributed by atoms with Gasteiger partial charge < -0.3 is 14.9 Å². The van der Waals surface area contributed by atoms with E-state index in [9.17, 15) is 18.3 Å². The molecule has 0 saturated heterocycles. The number of benzene rings is 1. The van der Waals surface area contributed by atoms with Crippen LogP contribution in [0.5, 0.6) is 11.5 Å². The molecule has 0 aliphatic carbocycles. The molecule has 1 rings (SSSR count). The van der Waals surface area contributed by atoms with Gasteiger partial charge in [-0.3, -0.25) is 9.55 Å². The zero-order chi connectivity index (χ0) is 15.5. The number of aliphatic carboxylic acids is 1. The Bertz CT molecular complexity index is 651. The number of methoxy groups -OCH3 is 1. The summed E-state index contributed by atoms with van der Waals surface area (Å²) in [6, 6.07) is 0.809. The second-order valence-corrected chi connectivity index (χ2v) is 5.25. The predicted octanol–water partition coefficient (Wildman–Crippen LogP) is 0.539. The minimum absolute atomic E-state index is 0.0925. The van der Waals surface area contributed by atoms with Crippen LogP contribution in [0.2, 0.25) is 0 Å². The lowest BCUT2D eigenvalue weighted by molar-refractivity contribution is -0.137. The van der Waals surface area contributed by atoms with Gasteiger partial charge in [-0.1, -0.05) is 0 Å². The first-order valence-electron chi connectivity index (χ1n) is 5.31. The quantitative estimate of drug-likeness (QED) is 0.534. The average Bonchev–Trinajstić information content (AvgIpc) is 2.35. The molecule has 0 saturated carbocycles. The molecule has 0 aliphatic heterocycles. The van der Waals surface area contributed by atoms with Crippen LogP contribution in [0, 0.1) is 0 Å². The van der Waals surface area contributed by atoms with Crippen molar-refractivity contribution in [3.63, 3.8) is 0 Å². The van der Waals surface area contributed by atoms with E-state index in [1.807, 2.05) is 0 Å². The molecule has 0 bridgehead atoms. The van der Waals surface area contributed by atoms with Crippen LogP contribution in [0.3, 0.4) is 0 Å². The van der Waals surface area contributed by atoms with Crippen molar-refractivity contribution in [2.75, 3.05) is 7.11 Å². The van der Waals surface area contributed by atoms with Crippen LogP contribution < -0.4 is 4.74 Å². The van der Waals surface area contributed by atoms with E-state index >= 15 is 0 Å². The number of aromatic hydroxyl groups is 1. The number of rotatable bonds is 5. The molecule has 9 heteroatoms. The van der Waals surface area contributed by atoms with Crippen LogP contribution in [0.4, 0.5) is 0 Å². The Morgan fingerprint density at radius 1 is 1.45 bits per heavy atom. The molecular formula is C11H13NO7S. The largest absolute Gasteiger partial charge is 0.504 e. The van der Waals surface area contributed by atoms with Gasteiger partial charge >= 0.3 is 5.97 Å². The highest BCUT2D eigenvalue weighted by Gasteiger charge is 2.17. The average molecular weight is 303 g/mol. The van der Waals surface area contributed by atoms with Gasteiger partial charge in [-0.2, -0.15) is 8.42 Å². The number of carboxylic acid groups (broad SMARTS) is 1. The molecule has 0 spiro atoms. The Kier molecular flexibility index (Phi) is 4.69. The minimum Gasteiger partial charge on any atom is -0.504 e. The van der Waals surface area contributed by atoms with Gasteiger partial charge in [0.25, 0.3) is 10.1 Å². The number of carboxylic acids is 1. The third kappa shape index (κ3) is 3.68. The van der Waals surface area contributed by atoms with Crippen molar-refractivity contribution in [3.05, 3.63) is 17.7 Å². The summed E-state index contributed by atoms with van der Waals surface area (Å²) in [5.41, 5.74) is -0.0925. The fourth-order valence-corrected chi connectivity index (χ4v) is 1.79. The third-order valence-corrected chi connectivity index (χ3v) is 3.22. The Morgan fingerprint density at radius 3 is 2.50 bits per heavy atom. The normalized spacial score (nSPS) is 13.3. The summed E-state index contributed by atoms with van der Waals surface area (Å²) < 4.78 is 35.9. The first-order valence-corrected chi connectivity index (χ1v) is 6.75. The van der Waals surface area contributed by atoms with Crippen LogP contribution in [0.15, 0.2) is 22.0 Å². The van der Waals surface area contributed by atoms with Crippen molar-refractivity contribution < 1.29 is 32.7 Å². The molecule has 0 amide bonds. The minimum atomic E-state index is -4.50. The number of aliphatic imine (C=N–C) groups is 1. The van der Waals surface area contributed by atoms with Gasteiger partial charge in [-0.25, -0.2) is 4.79 Å². The van der Waals surface area contributed by atoms with Gasteiger partial charge in [0.15, 0.2) is 11.5 Å². The fourth-order valence-electron chi connectivity index (χ4n) is 1.26. The molecule has 8 nitrogen and oxygen atoms in total. The Morgan fingerprint density at radius 2 is 2.05 bits per heavy atom. The maximum atomic E-state index is 11.1. The lowest BCUT2D eigenvalue weighted by atomic mass is 10.2. The molecule has 0 unspecified atom stereocenters. The van der Waals surface area contributed by atoms with E-state index in [1.54, 1.807) is 0 Å². The van der Waals surface area contributed by atoms with Gasteiger partial charge in [-0.15, -0.1) is 0 Å². The summed E-state index contributed by atoms with van der Waals surface area (Å²) in [7, 11) is -3.30. The van der Waals surface area contributed by atoms with Gasteiger partial charge in [-0.05, 0) is 13.0 Å². The van der Waals surface area contributed by atoms with E-state index in [1.165, 1.54) is 14.0 Å². The van der Waals surface area contributed by atoms with Crippen molar-refractivity contribution in [2.24, 2.45) is 4.99 Å². The van der Waals surface area contributed by atoms with Crippen LogP contribution in [0.1, 0.15) is 12.5 Å². The fraction of sp³-hybridized carbons (Fsp3) is 0.273. The summed E-state index contributed by atoms with van der Waals surface area (Å²) in [5, 5.41) is 18.5. The monoisotopic (exact) mass is 303 g/mol. The molecule has 1 aromatic rings. The highest BCUT2D eigenvalue weighted by Crippen LogP contribution is 2.32.